The SMILES string of the molecule is OC(CNCc1ccc(F)c2cccnc12)c1ccc(Cl)cc1. The summed E-state index contributed by atoms with van der Waals surface area (Å²) in [5, 5.41) is 14.5. The third-order valence-corrected chi connectivity index (χ3v) is 3.96. The largest absolute Gasteiger partial charge is 0.387 e. The first kappa shape index (κ1) is 15.9. The van der Waals surface area contributed by atoms with Crippen LogP contribution < -0.4 is 5.32 Å². The van der Waals surface area contributed by atoms with Crippen molar-refractivity contribution in [2.45, 2.75) is 12.6 Å². The van der Waals surface area contributed by atoms with Crippen molar-refractivity contribution in [2.24, 2.45) is 0 Å². The summed E-state index contributed by atoms with van der Waals surface area (Å²) in [6.07, 6.45) is 1.01. The van der Waals surface area contributed by atoms with Gasteiger partial charge in [-0.1, -0.05) is 29.8 Å². The molecular formula is C18H16ClFN2O. The molecule has 5 heteroatoms. The number of aromatic nitrogens is 1. The van der Waals surface area contributed by atoms with Crippen LogP contribution in [0.3, 0.4) is 0 Å². The van der Waals surface area contributed by atoms with Crippen molar-refractivity contribution < 1.29 is 9.50 Å². The molecule has 0 aliphatic rings. The van der Waals surface area contributed by atoms with Crippen molar-refractivity contribution in [3.05, 3.63) is 76.7 Å². The van der Waals surface area contributed by atoms with Gasteiger partial charge < -0.3 is 10.4 Å². The molecule has 23 heavy (non-hydrogen) atoms. The molecule has 2 N–H and O–H groups in total. The minimum absolute atomic E-state index is 0.280. The molecule has 118 valence electrons. The summed E-state index contributed by atoms with van der Waals surface area (Å²) in [5.74, 6) is -0.280. The van der Waals surface area contributed by atoms with Crippen LogP contribution in [0.2, 0.25) is 5.02 Å². The van der Waals surface area contributed by atoms with Gasteiger partial charge in [0.05, 0.1) is 11.6 Å². The minimum Gasteiger partial charge on any atom is -0.387 e. The summed E-state index contributed by atoms with van der Waals surface area (Å²) in [6, 6.07) is 13.7. The molecule has 0 bridgehead atoms. The first-order chi connectivity index (χ1) is 11.1. The molecule has 1 aromatic heterocycles. The van der Waals surface area contributed by atoms with E-state index in [2.05, 4.69) is 10.3 Å². The maximum atomic E-state index is 13.8. The fraction of sp³-hybridized carbons (Fsp3) is 0.167. The van der Waals surface area contributed by atoms with Gasteiger partial charge in [0, 0.05) is 29.7 Å². The molecule has 2 aromatic carbocycles. The lowest BCUT2D eigenvalue weighted by atomic mass is 10.1. The van der Waals surface area contributed by atoms with Crippen LogP contribution >= 0.6 is 11.6 Å². The second-order valence-corrected chi connectivity index (χ2v) is 5.74. The normalized spacial score (nSPS) is 12.5. The summed E-state index contributed by atoms with van der Waals surface area (Å²) in [6.45, 7) is 0.881. The van der Waals surface area contributed by atoms with E-state index in [1.54, 1.807) is 48.7 Å². The molecule has 0 fully saturated rings. The Morgan fingerprint density at radius 1 is 1.13 bits per heavy atom. The number of fused-ring (bicyclic) bond motifs is 1. The Bertz CT molecular complexity index is 808. The van der Waals surface area contributed by atoms with Crippen molar-refractivity contribution in [2.75, 3.05) is 6.54 Å². The minimum atomic E-state index is -0.632. The van der Waals surface area contributed by atoms with Gasteiger partial charge in [0.25, 0.3) is 0 Å². The first-order valence-corrected chi connectivity index (χ1v) is 7.69. The third-order valence-electron chi connectivity index (χ3n) is 3.71. The molecule has 3 nitrogen and oxygen atoms in total. The molecule has 1 heterocycles. The summed E-state index contributed by atoms with van der Waals surface area (Å²) in [7, 11) is 0. The lowest BCUT2D eigenvalue weighted by Gasteiger charge is -2.13. The Balaban J connectivity index is 1.67. The number of nitrogens with zero attached hydrogens (tertiary/aromatic N) is 1. The van der Waals surface area contributed by atoms with Crippen LogP contribution in [0.4, 0.5) is 4.39 Å². The Hall–Kier alpha value is -2.01. The van der Waals surface area contributed by atoms with E-state index in [0.717, 1.165) is 11.1 Å². The lowest BCUT2D eigenvalue weighted by Crippen LogP contribution is -2.21. The Labute approximate surface area is 138 Å². The molecule has 0 saturated heterocycles. The Morgan fingerprint density at radius 2 is 1.91 bits per heavy atom. The highest BCUT2D eigenvalue weighted by molar-refractivity contribution is 6.30. The van der Waals surface area contributed by atoms with E-state index in [1.807, 2.05) is 0 Å². The van der Waals surface area contributed by atoms with Crippen LogP contribution in [0.1, 0.15) is 17.2 Å². The van der Waals surface area contributed by atoms with E-state index in [-0.39, 0.29) is 5.82 Å². The van der Waals surface area contributed by atoms with Gasteiger partial charge in [-0.15, -0.1) is 0 Å². The molecular weight excluding hydrogens is 315 g/mol. The summed E-state index contributed by atoms with van der Waals surface area (Å²) >= 11 is 5.83. The maximum absolute atomic E-state index is 13.8. The maximum Gasteiger partial charge on any atom is 0.132 e. The topological polar surface area (TPSA) is 45.1 Å². The molecule has 0 aliphatic carbocycles. The number of hydrogen-bond donors (Lipinski definition) is 2. The van der Waals surface area contributed by atoms with Gasteiger partial charge in [-0.2, -0.15) is 0 Å². The zero-order valence-corrected chi connectivity index (χ0v) is 13.1. The summed E-state index contributed by atoms with van der Waals surface area (Å²) in [5.41, 5.74) is 2.33. The van der Waals surface area contributed by atoms with Gasteiger partial charge in [0.2, 0.25) is 0 Å². The van der Waals surface area contributed by atoms with Crippen molar-refractivity contribution in [1.29, 1.82) is 0 Å². The molecule has 0 radical (unpaired) electrons. The van der Waals surface area contributed by atoms with Gasteiger partial charge in [-0.3, -0.25) is 4.98 Å². The quantitative estimate of drug-likeness (QED) is 0.747. The van der Waals surface area contributed by atoms with Crippen molar-refractivity contribution in [1.82, 2.24) is 10.3 Å². The number of aliphatic hydroxyl groups is 1. The van der Waals surface area contributed by atoms with Crippen molar-refractivity contribution in [3.63, 3.8) is 0 Å². The third kappa shape index (κ3) is 3.67. The van der Waals surface area contributed by atoms with Crippen LogP contribution in [-0.2, 0) is 6.54 Å². The number of rotatable bonds is 5. The highest BCUT2D eigenvalue weighted by Gasteiger charge is 2.09. The number of aliphatic hydroxyl groups excluding tert-OH is 1. The highest BCUT2D eigenvalue weighted by atomic mass is 35.5. The second-order valence-electron chi connectivity index (χ2n) is 5.30. The fourth-order valence-electron chi connectivity index (χ4n) is 2.49. The van der Waals surface area contributed by atoms with Crippen LogP contribution in [0, 0.1) is 5.82 Å². The van der Waals surface area contributed by atoms with Gasteiger partial charge in [0.1, 0.15) is 5.82 Å². The molecule has 1 atom stereocenters. The molecule has 0 saturated carbocycles. The highest BCUT2D eigenvalue weighted by Crippen LogP contribution is 2.20. The van der Waals surface area contributed by atoms with Crippen LogP contribution in [0.15, 0.2) is 54.7 Å². The number of benzene rings is 2. The zero-order valence-electron chi connectivity index (χ0n) is 12.3. The van der Waals surface area contributed by atoms with Crippen molar-refractivity contribution in [3.8, 4) is 0 Å². The van der Waals surface area contributed by atoms with Crippen molar-refractivity contribution >= 4 is 22.5 Å². The molecule has 0 amide bonds. The standard InChI is InChI=1S/C18H16ClFN2O/c19-14-6-3-12(4-7-14)17(23)11-21-10-13-5-8-16(20)15-2-1-9-22-18(13)15/h1-9,17,21,23H,10-11H2. The average molecular weight is 331 g/mol. The number of hydrogen-bond acceptors (Lipinski definition) is 3. The average Bonchev–Trinajstić information content (AvgIpc) is 2.58. The van der Waals surface area contributed by atoms with Crippen LogP contribution in [0.5, 0.6) is 0 Å². The fourth-order valence-corrected chi connectivity index (χ4v) is 2.61. The van der Waals surface area contributed by atoms with E-state index in [9.17, 15) is 9.50 Å². The van der Waals surface area contributed by atoms with Gasteiger partial charge >= 0.3 is 0 Å². The predicted octanol–water partition coefficient (Wildman–Crippen LogP) is 3.85. The Morgan fingerprint density at radius 3 is 2.70 bits per heavy atom. The summed E-state index contributed by atoms with van der Waals surface area (Å²) in [4.78, 5) is 4.25. The number of nitrogens with one attached hydrogen (secondary N) is 1. The predicted molar refractivity (Wildman–Crippen MR) is 89.8 cm³/mol. The van der Waals surface area contributed by atoms with E-state index in [1.165, 1.54) is 6.07 Å². The van der Waals surface area contributed by atoms with Gasteiger partial charge in [-0.25, -0.2) is 4.39 Å². The van der Waals surface area contributed by atoms with Crippen LogP contribution in [-0.4, -0.2) is 16.6 Å². The molecule has 3 rings (SSSR count). The van der Waals surface area contributed by atoms with E-state index in [4.69, 9.17) is 11.6 Å². The molecule has 0 spiro atoms. The van der Waals surface area contributed by atoms with Gasteiger partial charge in [0.15, 0.2) is 0 Å². The Kier molecular flexibility index (Phi) is 4.86. The van der Waals surface area contributed by atoms with E-state index >= 15 is 0 Å². The van der Waals surface area contributed by atoms with Gasteiger partial charge in [-0.05, 0) is 41.5 Å². The molecule has 1 unspecified atom stereocenters. The monoisotopic (exact) mass is 330 g/mol. The van der Waals surface area contributed by atoms with E-state index < -0.39 is 6.10 Å². The lowest BCUT2D eigenvalue weighted by molar-refractivity contribution is 0.174. The van der Waals surface area contributed by atoms with E-state index in [0.29, 0.717) is 29.0 Å². The summed E-state index contributed by atoms with van der Waals surface area (Å²) < 4.78 is 13.8. The second kappa shape index (κ2) is 7.04. The molecule has 3 aromatic rings. The molecule has 0 aliphatic heterocycles. The first-order valence-electron chi connectivity index (χ1n) is 7.31. The smallest absolute Gasteiger partial charge is 0.132 e. The number of halogens is 2. The number of pyridine rings is 1. The zero-order chi connectivity index (χ0) is 16.2. The van der Waals surface area contributed by atoms with Crippen LogP contribution in [0.25, 0.3) is 10.9 Å².